The number of rotatable bonds is 6. The standard InChI is InChI=1S/C21H24Cl2N2O2/c1-13-8-9-16(10-14(13)2)11-20(26)25(15(3)21(27)24-4)12-17-18(22)6-5-7-19(17)23/h5-10,15H,11-12H2,1-4H3,(H,24,27). The summed E-state index contributed by atoms with van der Waals surface area (Å²) in [5.74, 6) is -0.406. The molecule has 4 nitrogen and oxygen atoms in total. The number of halogens is 2. The second kappa shape index (κ2) is 9.25. The van der Waals surface area contributed by atoms with Gasteiger partial charge in [0, 0.05) is 29.2 Å². The number of likely N-dealkylation sites (N-methyl/N-ethyl adjacent to an activating group) is 1. The highest BCUT2D eigenvalue weighted by atomic mass is 35.5. The van der Waals surface area contributed by atoms with E-state index in [-0.39, 0.29) is 24.8 Å². The summed E-state index contributed by atoms with van der Waals surface area (Å²) < 4.78 is 0. The molecule has 1 N–H and O–H groups in total. The highest BCUT2D eigenvalue weighted by molar-refractivity contribution is 6.36. The molecule has 6 heteroatoms. The summed E-state index contributed by atoms with van der Waals surface area (Å²) in [6.45, 7) is 5.90. The Labute approximate surface area is 170 Å². The summed E-state index contributed by atoms with van der Waals surface area (Å²) >= 11 is 12.5. The van der Waals surface area contributed by atoms with Crippen LogP contribution in [0.2, 0.25) is 10.0 Å². The second-order valence-corrected chi connectivity index (χ2v) is 7.42. The third-order valence-corrected chi connectivity index (χ3v) is 5.44. The largest absolute Gasteiger partial charge is 0.357 e. The van der Waals surface area contributed by atoms with Crippen molar-refractivity contribution in [1.82, 2.24) is 10.2 Å². The topological polar surface area (TPSA) is 49.4 Å². The normalized spacial score (nSPS) is 11.8. The number of aryl methyl sites for hydroxylation is 2. The van der Waals surface area contributed by atoms with Gasteiger partial charge in [-0.05, 0) is 49.6 Å². The molecule has 0 heterocycles. The van der Waals surface area contributed by atoms with E-state index in [0.29, 0.717) is 15.6 Å². The minimum Gasteiger partial charge on any atom is -0.357 e. The Morgan fingerprint density at radius 1 is 1.07 bits per heavy atom. The average molecular weight is 407 g/mol. The van der Waals surface area contributed by atoms with Gasteiger partial charge in [-0.2, -0.15) is 0 Å². The van der Waals surface area contributed by atoms with Crippen LogP contribution in [-0.4, -0.2) is 29.8 Å². The quantitative estimate of drug-likeness (QED) is 0.776. The molecule has 27 heavy (non-hydrogen) atoms. The molecular weight excluding hydrogens is 383 g/mol. The first-order chi connectivity index (χ1) is 12.7. The maximum absolute atomic E-state index is 13.1. The van der Waals surface area contributed by atoms with Crippen LogP contribution in [0.15, 0.2) is 36.4 Å². The van der Waals surface area contributed by atoms with Crippen LogP contribution in [0.3, 0.4) is 0 Å². The van der Waals surface area contributed by atoms with Gasteiger partial charge in [0.05, 0.1) is 6.42 Å². The zero-order valence-electron chi connectivity index (χ0n) is 16.0. The van der Waals surface area contributed by atoms with E-state index in [2.05, 4.69) is 5.32 Å². The fourth-order valence-electron chi connectivity index (χ4n) is 2.83. The van der Waals surface area contributed by atoms with E-state index in [1.807, 2.05) is 32.0 Å². The number of carbonyl (C=O) groups is 2. The summed E-state index contributed by atoms with van der Waals surface area (Å²) in [7, 11) is 1.55. The smallest absolute Gasteiger partial charge is 0.242 e. The van der Waals surface area contributed by atoms with Crippen LogP contribution >= 0.6 is 23.2 Å². The van der Waals surface area contributed by atoms with E-state index in [1.54, 1.807) is 32.2 Å². The molecule has 0 spiro atoms. The number of hydrogen-bond donors (Lipinski definition) is 1. The van der Waals surface area contributed by atoms with Crippen molar-refractivity contribution in [3.63, 3.8) is 0 Å². The number of amides is 2. The van der Waals surface area contributed by atoms with Gasteiger partial charge in [0.15, 0.2) is 0 Å². The van der Waals surface area contributed by atoms with Gasteiger partial charge >= 0.3 is 0 Å². The van der Waals surface area contributed by atoms with Gasteiger partial charge in [-0.3, -0.25) is 9.59 Å². The van der Waals surface area contributed by atoms with Gasteiger partial charge in [0.1, 0.15) is 6.04 Å². The van der Waals surface area contributed by atoms with Gasteiger partial charge in [0.2, 0.25) is 11.8 Å². The van der Waals surface area contributed by atoms with E-state index in [4.69, 9.17) is 23.2 Å². The fraction of sp³-hybridized carbons (Fsp3) is 0.333. The molecule has 0 aliphatic heterocycles. The second-order valence-electron chi connectivity index (χ2n) is 6.61. The highest BCUT2D eigenvalue weighted by Gasteiger charge is 2.27. The molecule has 1 unspecified atom stereocenters. The Kier molecular flexibility index (Phi) is 7.28. The lowest BCUT2D eigenvalue weighted by molar-refractivity contribution is -0.139. The van der Waals surface area contributed by atoms with Gasteiger partial charge in [-0.1, -0.05) is 47.5 Å². The van der Waals surface area contributed by atoms with Crippen LogP contribution in [0.5, 0.6) is 0 Å². The number of carbonyl (C=O) groups excluding carboxylic acids is 2. The molecule has 0 fully saturated rings. The van der Waals surface area contributed by atoms with E-state index in [9.17, 15) is 9.59 Å². The van der Waals surface area contributed by atoms with Crippen LogP contribution < -0.4 is 5.32 Å². The van der Waals surface area contributed by atoms with Gasteiger partial charge in [0.25, 0.3) is 0 Å². The molecule has 0 aliphatic carbocycles. The van der Waals surface area contributed by atoms with Crippen LogP contribution in [0.4, 0.5) is 0 Å². The van der Waals surface area contributed by atoms with Gasteiger partial charge < -0.3 is 10.2 Å². The summed E-state index contributed by atoms with van der Waals surface area (Å²) in [6.07, 6.45) is 0.199. The molecule has 0 radical (unpaired) electrons. The first kappa shape index (κ1) is 21.3. The minimum absolute atomic E-state index is 0.162. The highest BCUT2D eigenvalue weighted by Crippen LogP contribution is 2.27. The van der Waals surface area contributed by atoms with Crippen LogP contribution in [0.1, 0.15) is 29.2 Å². The average Bonchev–Trinajstić information content (AvgIpc) is 2.63. The van der Waals surface area contributed by atoms with Crippen molar-refractivity contribution in [2.45, 2.75) is 39.8 Å². The van der Waals surface area contributed by atoms with Crippen molar-refractivity contribution in [2.24, 2.45) is 0 Å². The van der Waals surface area contributed by atoms with Crippen molar-refractivity contribution >= 4 is 35.0 Å². The molecule has 144 valence electrons. The van der Waals surface area contributed by atoms with Crippen molar-refractivity contribution in [3.05, 3.63) is 68.7 Å². The monoisotopic (exact) mass is 406 g/mol. The Morgan fingerprint density at radius 2 is 1.70 bits per heavy atom. The molecule has 2 amide bonds. The summed E-state index contributed by atoms with van der Waals surface area (Å²) in [4.78, 5) is 26.8. The zero-order chi connectivity index (χ0) is 20.1. The maximum Gasteiger partial charge on any atom is 0.242 e. The minimum atomic E-state index is -0.651. The SMILES string of the molecule is CNC(=O)C(C)N(Cc1c(Cl)cccc1Cl)C(=O)Cc1ccc(C)c(C)c1. The molecule has 2 aromatic rings. The number of hydrogen-bond acceptors (Lipinski definition) is 2. The molecule has 0 saturated heterocycles. The predicted molar refractivity (Wildman–Crippen MR) is 110 cm³/mol. The predicted octanol–water partition coefficient (Wildman–Crippen LogP) is 4.32. The lowest BCUT2D eigenvalue weighted by Crippen LogP contribution is -2.47. The van der Waals surface area contributed by atoms with E-state index < -0.39 is 6.04 Å². The molecule has 1 atom stereocenters. The molecule has 2 rings (SSSR count). The van der Waals surface area contributed by atoms with E-state index in [1.165, 1.54) is 10.5 Å². The Bertz CT molecular complexity index is 832. The molecule has 0 bridgehead atoms. The van der Waals surface area contributed by atoms with Crippen molar-refractivity contribution in [1.29, 1.82) is 0 Å². The number of nitrogens with one attached hydrogen (secondary N) is 1. The van der Waals surface area contributed by atoms with Crippen LogP contribution in [0.25, 0.3) is 0 Å². The van der Waals surface area contributed by atoms with Crippen molar-refractivity contribution in [2.75, 3.05) is 7.05 Å². The Balaban J connectivity index is 2.32. The molecule has 2 aromatic carbocycles. The Hall–Kier alpha value is -2.04. The van der Waals surface area contributed by atoms with E-state index in [0.717, 1.165) is 11.1 Å². The molecule has 0 saturated carbocycles. The maximum atomic E-state index is 13.1. The summed E-state index contributed by atoms with van der Waals surface area (Å²) in [5.41, 5.74) is 3.83. The number of benzene rings is 2. The summed E-state index contributed by atoms with van der Waals surface area (Å²) in [5, 5.41) is 3.53. The first-order valence-corrected chi connectivity index (χ1v) is 9.50. The van der Waals surface area contributed by atoms with Crippen molar-refractivity contribution < 1.29 is 9.59 Å². The lowest BCUT2D eigenvalue weighted by atomic mass is 10.0. The molecule has 0 aliphatic rings. The number of nitrogens with zero attached hydrogens (tertiary/aromatic N) is 1. The third-order valence-electron chi connectivity index (χ3n) is 4.73. The Morgan fingerprint density at radius 3 is 2.26 bits per heavy atom. The van der Waals surface area contributed by atoms with Crippen LogP contribution in [-0.2, 0) is 22.6 Å². The van der Waals surface area contributed by atoms with Gasteiger partial charge in [-0.15, -0.1) is 0 Å². The molecule has 0 aromatic heterocycles. The van der Waals surface area contributed by atoms with Gasteiger partial charge in [-0.25, -0.2) is 0 Å². The molecular formula is C21H24Cl2N2O2. The summed E-state index contributed by atoms with van der Waals surface area (Å²) in [6, 6.07) is 10.5. The van der Waals surface area contributed by atoms with E-state index >= 15 is 0 Å². The van der Waals surface area contributed by atoms with Crippen LogP contribution in [0, 0.1) is 13.8 Å². The third kappa shape index (κ3) is 5.24. The lowest BCUT2D eigenvalue weighted by Gasteiger charge is -2.29. The fourth-order valence-corrected chi connectivity index (χ4v) is 3.35. The first-order valence-electron chi connectivity index (χ1n) is 8.74. The van der Waals surface area contributed by atoms with Crippen molar-refractivity contribution in [3.8, 4) is 0 Å². The zero-order valence-corrected chi connectivity index (χ0v) is 17.5.